The number of nitriles is 1. The molecule has 0 aliphatic carbocycles. The van der Waals surface area contributed by atoms with E-state index in [9.17, 15) is 0 Å². The van der Waals surface area contributed by atoms with Crippen molar-refractivity contribution in [2.75, 3.05) is 14.1 Å². The number of hydrazone groups is 1. The highest BCUT2D eigenvalue weighted by molar-refractivity contribution is 9.12. The van der Waals surface area contributed by atoms with Crippen molar-refractivity contribution in [1.29, 1.82) is 5.26 Å². The van der Waals surface area contributed by atoms with E-state index in [1.807, 2.05) is 38.4 Å². The van der Waals surface area contributed by atoms with Crippen LogP contribution < -0.4 is 5.32 Å². The van der Waals surface area contributed by atoms with Gasteiger partial charge in [0.1, 0.15) is 5.84 Å². The van der Waals surface area contributed by atoms with E-state index in [1.54, 1.807) is 11.2 Å². The van der Waals surface area contributed by atoms with Crippen LogP contribution in [0, 0.1) is 11.3 Å². The lowest BCUT2D eigenvalue weighted by atomic mass is 10.1. The van der Waals surface area contributed by atoms with Crippen molar-refractivity contribution in [2.24, 2.45) is 10.1 Å². The summed E-state index contributed by atoms with van der Waals surface area (Å²) in [5, 5.41) is 18.4. The minimum Gasteiger partial charge on any atom is -0.391 e. The predicted molar refractivity (Wildman–Crippen MR) is 127 cm³/mol. The molecule has 0 radical (unpaired) electrons. The molecule has 0 saturated carbocycles. The summed E-state index contributed by atoms with van der Waals surface area (Å²) in [4.78, 5) is 4.76. The summed E-state index contributed by atoms with van der Waals surface area (Å²) in [5.41, 5.74) is 2.83. The van der Waals surface area contributed by atoms with E-state index in [1.165, 1.54) is 25.7 Å². The molecule has 0 saturated heterocycles. The van der Waals surface area contributed by atoms with E-state index in [-0.39, 0.29) is 0 Å². The number of unbranched alkanes of at least 4 members (excludes halogenated alkanes) is 4. The average Bonchev–Trinajstić information content (AvgIpc) is 2.73. The summed E-state index contributed by atoms with van der Waals surface area (Å²) in [5.74, 6) is 0.761. The minimum absolute atomic E-state index is 0.514. The number of likely N-dealkylation sites (N-methyl/N-ethyl adjacent to an activating group) is 1. The highest BCUT2D eigenvalue weighted by atomic mass is 79.9. The molecule has 156 valence electrons. The molecule has 29 heavy (non-hydrogen) atoms. The quantitative estimate of drug-likeness (QED) is 0.188. The first-order chi connectivity index (χ1) is 14.0. The number of hydrogen-bond donors (Lipinski definition) is 1. The van der Waals surface area contributed by atoms with Gasteiger partial charge in [-0.15, -0.1) is 0 Å². The van der Waals surface area contributed by atoms with Gasteiger partial charge in [-0.05, 0) is 46.5 Å². The lowest BCUT2D eigenvalue weighted by Gasteiger charge is -2.15. The minimum atomic E-state index is 0.514. The van der Waals surface area contributed by atoms with Crippen molar-refractivity contribution in [3.63, 3.8) is 0 Å². The fraction of sp³-hybridized carbons (Fsp3) is 0.435. The van der Waals surface area contributed by atoms with Gasteiger partial charge in [-0.2, -0.15) is 10.4 Å². The molecule has 0 aliphatic rings. The third-order valence-corrected chi connectivity index (χ3v) is 4.59. The molecular formula is C23H32BrN5. The Hall–Kier alpha value is -2.39. The zero-order chi connectivity index (χ0) is 21.5. The Labute approximate surface area is 184 Å². The Kier molecular flexibility index (Phi) is 12.4. The second-order valence-corrected chi connectivity index (χ2v) is 7.80. The number of halogens is 1. The van der Waals surface area contributed by atoms with Crippen LogP contribution in [0.5, 0.6) is 0 Å². The summed E-state index contributed by atoms with van der Waals surface area (Å²) in [6, 6.07) is 9.62. The topological polar surface area (TPSA) is 63.8 Å². The van der Waals surface area contributed by atoms with Crippen molar-refractivity contribution < 1.29 is 0 Å². The first-order valence-corrected chi connectivity index (χ1v) is 10.8. The fourth-order valence-electron chi connectivity index (χ4n) is 2.65. The molecule has 1 N–H and O–H groups in total. The van der Waals surface area contributed by atoms with Crippen LogP contribution in [-0.4, -0.2) is 31.2 Å². The van der Waals surface area contributed by atoms with Crippen LogP contribution in [-0.2, 0) is 6.54 Å². The van der Waals surface area contributed by atoms with Crippen molar-refractivity contribution in [3.8, 4) is 6.07 Å². The number of nitrogens with zero attached hydrogens (tertiary/aromatic N) is 4. The van der Waals surface area contributed by atoms with Gasteiger partial charge >= 0.3 is 0 Å². The third kappa shape index (κ3) is 10.7. The summed E-state index contributed by atoms with van der Waals surface area (Å²) in [6.45, 7) is 6.53. The number of nitrogens with one attached hydrogen (secondary N) is 1. The second-order valence-electron chi connectivity index (χ2n) is 6.78. The molecule has 0 fully saturated rings. The van der Waals surface area contributed by atoms with Gasteiger partial charge < -0.3 is 5.32 Å². The Morgan fingerprint density at radius 3 is 2.52 bits per heavy atom. The van der Waals surface area contributed by atoms with E-state index in [2.05, 4.69) is 52.0 Å². The first kappa shape index (κ1) is 24.6. The largest absolute Gasteiger partial charge is 0.391 e. The normalized spacial score (nSPS) is 12.1. The van der Waals surface area contributed by atoms with Gasteiger partial charge in [0.25, 0.3) is 0 Å². The van der Waals surface area contributed by atoms with Crippen LogP contribution in [0.25, 0.3) is 0 Å². The van der Waals surface area contributed by atoms with Crippen molar-refractivity contribution in [2.45, 2.75) is 52.0 Å². The maximum atomic E-state index is 8.94. The van der Waals surface area contributed by atoms with Crippen molar-refractivity contribution >= 4 is 28.0 Å². The average molecular weight is 458 g/mol. The van der Waals surface area contributed by atoms with Crippen LogP contribution in [0.4, 0.5) is 0 Å². The van der Waals surface area contributed by atoms with Crippen LogP contribution in [0.1, 0.15) is 56.6 Å². The van der Waals surface area contributed by atoms with E-state index < -0.39 is 0 Å². The maximum Gasteiger partial charge on any atom is 0.145 e. The lowest BCUT2D eigenvalue weighted by molar-refractivity contribution is 0.546. The van der Waals surface area contributed by atoms with E-state index in [4.69, 9.17) is 10.3 Å². The molecule has 1 aromatic rings. The molecule has 0 bridgehead atoms. The van der Waals surface area contributed by atoms with Gasteiger partial charge in [0, 0.05) is 30.4 Å². The molecule has 6 heteroatoms. The molecule has 0 atom stereocenters. The molecule has 0 amide bonds. The van der Waals surface area contributed by atoms with E-state index in [0.29, 0.717) is 16.6 Å². The smallest absolute Gasteiger partial charge is 0.145 e. The number of hydrogen-bond acceptors (Lipinski definition) is 4. The Morgan fingerprint density at radius 2 is 1.93 bits per heavy atom. The molecule has 5 nitrogen and oxygen atoms in total. The SMILES string of the molecule is C=C(Br)/C=N\N(C)C(C=C(CCCCCCC)NC)=NCc1ccc(C#N)cc1. The summed E-state index contributed by atoms with van der Waals surface area (Å²) in [7, 11) is 3.81. The first-order valence-electron chi connectivity index (χ1n) is 10.0. The molecule has 0 heterocycles. The van der Waals surface area contributed by atoms with Gasteiger partial charge in [-0.3, -0.25) is 10.0 Å². The number of benzene rings is 1. The Bertz CT molecular complexity index is 756. The maximum absolute atomic E-state index is 8.94. The highest BCUT2D eigenvalue weighted by Gasteiger charge is 2.05. The zero-order valence-electron chi connectivity index (χ0n) is 17.8. The van der Waals surface area contributed by atoms with Crippen LogP contribution >= 0.6 is 15.9 Å². The van der Waals surface area contributed by atoms with Gasteiger partial charge in [0.15, 0.2) is 0 Å². The van der Waals surface area contributed by atoms with Gasteiger partial charge in [-0.1, -0.05) is 51.3 Å². The van der Waals surface area contributed by atoms with E-state index in [0.717, 1.165) is 29.9 Å². The summed E-state index contributed by atoms with van der Waals surface area (Å²) >= 11 is 3.30. The molecule has 0 aliphatic heterocycles. The standard InChI is InChI=1S/C23H32BrN5/c1-5-6-7-8-9-10-22(26-3)15-23(29(4)28-17-19(2)24)27-18-21-13-11-20(16-25)12-14-21/h11-15,17,26H,2,5-10,18H2,1,3-4H3/b22-15?,27-23?,28-17-. The number of amidine groups is 1. The van der Waals surface area contributed by atoms with Gasteiger partial charge in [0.2, 0.25) is 0 Å². The predicted octanol–water partition coefficient (Wildman–Crippen LogP) is 5.75. The summed E-state index contributed by atoms with van der Waals surface area (Å²) in [6.07, 6.45) is 10.9. The van der Waals surface area contributed by atoms with Crippen LogP contribution in [0.15, 0.2) is 57.2 Å². The molecule has 1 aromatic carbocycles. The molecule has 1 rings (SSSR count). The number of aliphatic imine (C=N–C) groups is 1. The van der Waals surface area contributed by atoms with Gasteiger partial charge in [0.05, 0.1) is 24.4 Å². The molecular weight excluding hydrogens is 426 g/mol. The summed E-state index contributed by atoms with van der Waals surface area (Å²) < 4.78 is 0.699. The number of allylic oxidation sites excluding steroid dienone is 2. The van der Waals surface area contributed by atoms with Crippen LogP contribution in [0.2, 0.25) is 0 Å². The Morgan fingerprint density at radius 1 is 1.24 bits per heavy atom. The van der Waals surface area contributed by atoms with Crippen molar-refractivity contribution in [3.05, 3.63) is 58.2 Å². The lowest BCUT2D eigenvalue weighted by Crippen LogP contribution is -2.22. The van der Waals surface area contributed by atoms with Gasteiger partial charge in [-0.25, -0.2) is 0 Å². The highest BCUT2D eigenvalue weighted by Crippen LogP contribution is 2.11. The molecule has 0 spiro atoms. The molecule has 0 unspecified atom stereocenters. The van der Waals surface area contributed by atoms with Crippen LogP contribution in [0.3, 0.4) is 0 Å². The monoisotopic (exact) mass is 457 g/mol. The zero-order valence-corrected chi connectivity index (χ0v) is 19.4. The van der Waals surface area contributed by atoms with Crippen molar-refractivity contribution in [1.82, 2.24) is 10.3 Å². The second kappa shape index (κ2) is 14.6. The Balaban J connectivity index is 2.95. The van der Waals surface area contributed by atoms with E-state index >= 15 is 0 Å². The number of rotatable bonds is 12. The molecule has 0 aromatic heterocycles. The third-order valence-electron chi connectivity index (χ3n) is 4.38. The fourth-order valence-corrected chi connectivity index (χ4v) is 2.74.